The van der Waals surface area contributed by atoms with Gasteiger partial charge in [-0.15, -0.1) is 0 Å². The van der Waals surface area contributed by atoms with E-state index in [9.17, 15) is 4.79 Å². The second-order valence-electron chi connectivity index (χ2n) is 6.56. The van der Waals surface area contributed by atoms with E-state index in [1.807, 2.05) is 6.92 Å². The Morgan fingerprint density at radius 2 is 1.96 bits per heavy atom. The zero-order valence-electron chi connectivity index (χ0n) is 14.6. The standard InChI is InChI=1S/C21H20N2O3/c1-14-18(13-23-12-4-6-15-5-2-3-7-19(15)23)22-20(26-14)16-8-10-17(11-9-16)21(24)25/h2-3,5,7-11H,4,6,12-13H2,1H3,(H,24,25). The summed E-state index contributed by atoms with van der Waals surface area (Å²) in [7, 11) is 0. The van der Waals surface area contributed by atoms with E-state index in [0.29, 0.717) is 12.4 Å². The fraction of sp³-hybridized carbons (Fsp3) is 0.238. The van der Waals surface area contributed by atoms with Crippen molar-refractivity contribution >= 4 is 11.7 Å². The topological polar surface area (TPSA) is 66.6 Å². The maximum atomic E-state index is 11.0. The van der Waals surface area contributed by atoms with Gasteiger partial charge in [-0.2, -0.15) is 0 Å². The van der Waals surface area contributed by atoms with Crippen molar-refractivity contribution in [2.45, 2.75) is 26.3 Å². The lowest BCUT2D eigenvalue weighted by Crippen LogP contribution is -2.29. The predicted octanol–water partition coefficient (Wildman–Crippen LogP) is 4.30. The van der Waals surface area contributed by atoms with Gasteiger partial charge in [-0.25, -0.2) is 9.78 Å². The van der Waals surface area contributed by atoms with E-state index in [1.54, 1.807) is 24.3 Å². The van der Waals surface area contributed by atoms with Gasteiger partial charge in [0.05, 0.1) is 12.1 Å². The first-order chi connectivity index (χ1) is 12.6. The highest BCUT2D eigenvalue weighted by Crippen LogP contribution is 2.29. The third-order valence-corrected chi connectivity index (χ3v) is 4.82. The Kier molecular flexibility index (Phi) is 4.21. The third-order valence-electron chi connectivity index (χ3n) is 4.82. The van der Waals surface area contributed by atoms with Crippen molar-refractivity contribution in [1.82, 2.24) is 4.98 Å². The molecule has 5 heteroatoms. The quantitative estimate of drug-likeness (QED) is 0.761. The molecule has 0 bridgehead atoms. The van der Waals surface area contributed by atoms with E-state index < -0.39 is 5.97 Å². The number of para-hydroxylation sites is 1. The summed E-state index contributed by atoms with van der Waals surface area (Å²) in [5.74, 6) is 0.384. The number of hydrogen-bond donors (Lipinski definition) is 1. The summed E-state index contributed by atoms with van der Waals surface area (Å²) in [6.07, 6.45) is 2.25. The van der Waals surface area contributed by atoms with Crippen molar-refractivity contribution in [3.8, 4) is 11.5 Å². The van der Waals surface area contributed by atoms with E-state index in [2.05, 4.69) is 34.1 Å². The molecule has 5 nitrogen and oxygen atoms in total. The first-order valence-corrected chi connectivity index (χ1v) is 8.75. The molecule has 1 aliphatic rings. The zero-order chi connectivity index (χ0) is 18.1. The smallest absolute Gasteiger partial charge is 0.335 e. The largest absolute Gasteiger partial charge is 0.478 e. The van der Waals surface area contributed by atoms with Gasteiger partial charge >= 0.3 is 5.97 Å². The van der Waals surface area contributed by atoms with Gasteiger partial charge < -0.3 is 14.4 Å². The van der Waals surface area contributed by atoms with Crippen LogP contribution in [0.4, 0.5) is 5.69 Å². The molecule has 4 rings (SSSR count). The predicted molar refractivity (Wildman–Crippen MR) is 99.4 cm³/mol. The lowest BCUT2D eigenvalue weighted by Gasteiger charge is -2.30. The van der Waals surface area contributed by atoms with Crippen LogP contribution >= 0.6 is 0 Å². The minimum atomic E-state index is -0.940. The van der Waals surface area contributed by atoms with Crippen LogP contribution in [0.25, 0.3) is 11.5 Å². The number of fused-ring (bicyclic) bond motifs is 1. The van der Waals surface area contributed by atoms with Crippen LogP contribution in [0.1, 0.15) is 33.8 Å². The monoisotopic (exact) mass is 348 g/mol. The van der Waals surface area contributed by atoms with Gasteiger partial charge in [0.2, 0.25) is 5.89 Å². The van der Waals surface area contributed by atoms with Gasteiger partial charge in [0.25, 0.3) is 0 Å². The SMILES string of the molecule is Cc1oc(-c2ccc(C(=O)O)cc2)nc1CN1CCCc2ccccc21. The second kappa shape index (κ2) is 6.67. The van der Waals surface area contributed by atoms with Gasteiger partial charge in [0.1, 0.15) is 11.5 Å². The number of anilines is 1. The molecule has 3 aromatic rings. The average Bonchev–Trinajstić information content (AvgIpc) is 3.03. The van der Waals surface area contributed by atoms with E-state index in [4.69, 9.17) is 9.52 Å². The number of benzene rings is 2. The van der Waals surface area contributed by atoms with Crippen LogP contribution in [0.3, 0.4) is 0 Å². The molecular weight excluding hydrogens is 328 g/mol. The lowest BCUT2D eigenvalue weighted by atomic mass is 10.0. The summed E-state index contributed by atoms with van der Waals surface area (Å²) in [4.78, 5) is 18.0. The maximum absolute atomic E-state index is 11.0. The van der Waals surface area contributed by atoms with E-state index in [0.717, 1.165) is 36.4 Å². The lowest BCUT2D eigenvalue weighted by molar-refractivity contribution is 0.0697. The van der Waals surface area contributed by atoms with Gasteiger partial charge in [0.15, 0.2) is 0 Å². The molecule has 0 atom stereocenters. The highest BCUT2D eigenvalue weighted by Gasteiger charge is 2.20. The van der Waals surface area contributed by atoms with Crippen molar-refractivity contribution in [2.75, 3.05) is 11.4 Å². The molecule has 0 saturated carbocycles. The van der Waals surface area contributed by atoms with E-state index in [1.165, 1.54) is 11.3 Å². The molecule has 0 unspecified atom stereocenters. The van der Waals surface area contributed by atoms with Crippen LogP contribution < -0.4 is 4.90 Å². The fourth-order valence-corrected chi connectivity index (χ4v) is 3.41. The number of hydrogen-bond acceptors (Lipinski definition) is 4. The fourth-order valence-electron chi connectivity index (χ4n) is 3.41. The number of rotatable bonds is 4. The Morgan fingerprint density at radius 1 is 1.19 bits per heavy atom. The molecule has 1 aliphatic heterocycles. The Bertz CT molecular complexity index is 944. The van der Waals surface area contributed by atoms with Gasteiger partial charge in [-0.1, -0.05) is 18.2 Å². The Morgan fingerprint density at radius 3 is 2.73 bits per heavy atom. The van der Waals surface area contributed by atoms with Crippen molar-refractivity contribution in [3.05, 3.63) is 71.1 Å². The average molecular weight is 348 g/mol. The number of carboxylic acid groups (broad SMARTS) is 1. The number of aromatic nitrogens is 1. The number of aromatic carboxylic acids is 1. The molecule has 0 saturated heterocycles. The zero-order valence-corrected chi connectivity index (χ0v) is 14.6. The van der Waals surface area contributed by atoms with Crippen LogP contribution in [0.2, 0.25) is 0 Å². The Labute approximate surface area is 151 Å². The highest BCUT2D eigenvalue weighted by molar-refractivity contribution is 5.88. The van der Waals surface area contributed by atoms with Crippen LogP contribution in [0, 0.1) is 6.92 Å². The summed E-state index contributed by atoms with van der Waals surface area (Å²) in [6.45, 7) is 3.64. The summed E-state index contributed by atoms with van der Waals surface area (Å²) >= 11 is 0. The summed E-state index contributed by atoms with van der Waals surface area (Å²) in [6, 6.07) is 15.1. The van der Waals surface area contributed by atoms with Gasteiger partial charge in [0, 0.05) is 17.8 Å². The molecular formula is C21H20N2O3. The molecule has 1 N–H and O–H groups in total. The number of aryl methyl sites for hydroxylation is 2. The van der Waals surface area contributed by atoms with Crippen LogP contribution in [-0.2, 0) is 13.0 Å². The van der Waals surface area contributed by atoms with Crippen molar-refractivity contribution in [3.63, 3.8) is 0 Å². The first-order valence-electron chi connectivity index (χ1n) is 8.75. The number of nitrogens with zero attached hydrogens (tertiary/aromatic N) is 2. The molecule has 0 spiro atoms. The van der Waals surface area contributed by atoms with Gasteiger partial charge in [-0.3, -0.25) is 0 Å². The van der Waals surface area contributed by atoms with Gasteiger partial charge in [-0.05, 0) is 55.7 Å². The molecule has 0 fully saturated rings. The third kappa shape index (κ3) is 3.08. The molecule has 0 radical (unpaired) electrons. The molecule has 26 heavy (non-hydrogen) atoms. The van der Waals surface area contributed by atoms with Crippen LogP contribution in [-0.4, -0.2) is 22.6 Å². The molecule has 0 aliphatic carbocycles. The first kappa shape index (κ1) is 16.4. The summed E-state index contributed by atoms with van der Waals surface area (Å²) in [5, 5.41) is 9.01. The molecule has 2 aromatic carbocycles. The molecule has 1 aromatic heterocycles. The van der Waals surface area contributed by atoms with Crippen molar-refractivity contribution in [2.24, 2.45) is 0 Å². The molecule has 132 valence electrons. The molecule has 0 amide bonds. The number of oxazole rings is 1. The minimum absolute atomic E-state index is 0.252. The number of carboxylic acids is 1. The minimum Gasteiger partial charge on any atom is -0.478 e. The van der Waals surface area contributed by atoms with E-state index >= 15 is 0 Å². The van der Waals surface area contributed by atoms with Crippen molar-refractivity contribution in [1.29, 1.82) is 0 Å². The molecule has 2 heterocycles. The summed E-state index contributed by atoms with van der Waals surface area (Å²) < 4.78 is 5.85. The van der Waals surface area contributed by atoms with E-state index in [-0.39, 0.29) is 5.56 Å². The van der Waals surface area contributed by atoms with Crippen LogP contribution in [0.5, 0.6) is 0 Å². The maximum Gasteiger partial charge on any atom is 0.335 e. The Hall–Kier alpha value is -3.08. The van der Waals surface area contributed by atoms with Crippen LogP contribution in [0.15, 0.2) is 52.9 Å². The number of carbonyl (C=O) groups is 1. The normalized spacial score (nSPS) is 13.5. The summed E-state index contributed by atoms with van der Waals surface area (Å²) in [5.41, 5.74) is 4.60. The Balaban J connectivity index is 1.59. The highest BCUT2D eigenvalue weighted by atomic mass is 16.4. The van der Waals surface area contributed by atoms with Crippen molar-refractivity contribution < 1.29 is 14.3 Å². The second-order valence-corrected chi connectivity index (χ2v) is 6.56.